The average Bonchev–Trinajstić information content (AvgIpc) is 3.01. The highest BCUT2D eigenvalue weighted by Gasteiger charge is 2.33. The standard InChI is InChI=1S/C25H23NO2/c1-18(16-23(27)20-12-6-3-7-13-20)24-21-14-8-9-15-22(21)26(25(24)28)17-19-10-4-2-5-11-19/h2-15,23,27H,16-17H2,1H3/b24-18-/t23-/m0/s1. The topological polar surface area (TPSA) is 40.5 Å². The first kappa shape index (κ1) is 18.2. The second-order valence-corrected chi connectivity index (χ2v) is 7.18. The summed E-state index contributed by atoms with van der Waals surface area (Å²) in [4.78, 5) is 15.1. The molecule has 1 aliphatic heterocycles. The number of rotatable bonds is 5. The van der Waals surface area contributed by atoms with Gasteiger partial charge in [0.05, 0.1) is 18.3 Å². The summed E-state index contributed by atoms with van der Waals surface area (Å²) in [6, 6.07) is 27.5. The summed E-state index contributed by atoms with van der Waals surface area (Å²) in [6.07, 6.45) is -0.199. The van der Waals surface area contributed by atoms with Gasteiger partial charge >= 0.3 is 0 Å². The Balaban J connectivity index is 1.67. The summed E-state index contributed by atoms with van der Waals surface area (Å²) in [6.45, 7) is 2.48. The van der Waals surface area contributed by atoms with Crippen LogP contribution in [0, 0.1) is 0 Å². The molecule has 4 rings (SSSR count). The van der Waals surface area contributed by atoms with Gasteiger partial charge in [0.15, 0.2) is 0 Å². The van der Waals surface area contributed by atoms with E-state index in [1.807, 2.05) is 96.8 Å². The van der Waals surface area contributed by atoms with Crippen molar-refractivity contribution in [3.05, 3.63) is 107 Å². The molecule has 0 saturated heterocycles. The fraction of sp³-hybridized carbons (Fsp3) is 0.160. The molecule has 3 heteroatoms. The molecule has 0 saturated carbocycles. The summed E-state index contributed by atoms with van der Waals surface area (Å²) >= 11 is 0. The third-order valence-electron chi connectivity index (χ3n) is 5.22. The molecule has 0 radical (unpaired) electrons. The molecule has 1 N–H and O–H groups in total. The molecule has 1 atom stereocenters. The van der Waals surface area contributed by atoms with Gasteiger partial charge in [0.1, 0.15) is 0 Å². The molecule has 0 aliphatic carbocycles. The number of para-hydroxylation sites is 1. The minimum absolute atomic E-state index is 0.00261. The van der Waals surface area contributed by atoms with Gasteiger partial charge in [0.25, 0.3) is 5.91 Å². The van der Waals surface area contributed by atoms with E-state index in [9.17, 15) is 9.90 Å². The Morgan fingerprint density at radius 3 is 2.21 bits per heavy atom. The zero-order chi connectivity index (χ0) is 19.5. The van der Waals surface area contributed by atoms with Crippen LogP contribution < -0.4 is 4.90 Å². The fourth-order valence-electron chi connectivity index (χ4n) is 3.80. The molecule has 28 heavy (non-hydrogen) atoms. The van der Waals surface area contributed by atoms with E-state index in [2.05, 4.69) is 0 Å². The average molecular weight is 369 g/mol. The normalized spacial score (nSPS) is 16.1. The molecule has 3 aromatic carbocycles. The molecule has 0 unspecified atom stereocenters. The van der Waals surface area contributed by atoms with Crippen LogP contribution in [0.1, 0.15) is 36.1 Å². The van der Waals surface area contributed by atoms with Gasteiger partial charge < -0.3 is 10.0 Å². The van der Waals surface area contributed by atoms with Crippen molar-refractivity contribution in [2.45, 2.75) is 26.0 Å². The SMILES string of the molecule is C/C(C[C@H](O)c1ccccc1)=C1/C(=O)N(Cc2ccccc2)c2ccccc21. The summed E-state index contributed by atoms with van der Waals surface area (Å²) in [5.74, 6) is 0.00261. The van der Waals surface area contributed by atoms with Crippen molar-refractivity contribution in [1.29, 1.82) is 0 Å². The second kappa shape index (κ2) is 7.83. The molecule has 1 aliphatic rings. The predicted octanol–water partition coefficient (Wildman–Crippen LogP) is 5.13. The molecule has 3 aromatic rings. The van der Waals surface area contributed by atoms with E-state index in [-0.39, 0.29) is 5.91 Å². The number of fused-ring (bicyclic) bond motifs is 1. The van der Waals surface area contributed by atoms with Crippen LogP contribution in [-0.4, -0.2) is 11.0 Å². The summed E-state index contributed by atoms with van der Waals surface area (Å²) in [7, 11) is 0. The van der Waals surface area contributed by atoms with Crippen molar-refractivity contribution >= 4 is 17.2 Å². The Kier molecular flexibility index (Phi) is 5.09. The van der Waals surface area contributed by atoms with Crippen molar-refractivity contribution in [2.24, 2.45) is 0 Å². The monoisotopic (exact) mass is 369 g/mol. The number of hydrogen-bond donors (Lipinski definition) is 1. The highest BCUT2D eigenvalue weighted by atomic mass is 16.3. The molecule has 3 nitrogen and oxygen atoms in total. The number of benzene rings is 3. The number of aliphatic hydroxyl groups excluding tert-OH is 1. The summed E-state index contributed by atoms with van der Waals surface area (Å²) < 4.78 is 0. The molecule has 0 spiro atoms. The zero-order valence-corrected chi connectivity index (χ0v) is 15.9. The predicted molar refractivity (Wildman–Crippen MR) is 113 cm³/mol. The Hall–Kier alpha value is -3.17. The van der Waals surface area contributed by atoms with E-state index in [0.717, 1.165) is 28.0 Å². The first-order valence-electron chi connectivity index (χ1n) is 9.53. The van der Waals surface area contributed by atoms with E-state index in [4.69, 9.17) is 0 Å². The highest BCUT2D eigenvalue weighted by Crippen LogP contribution is 2.40. The number of amides is 1. The van der Waals surface area contributed by atoms with Crippen molar-refractivity contribution in [3.63, 3.8) is 0 Å². The number of hydrogen-bond acceptors (Lipinski definition) is 2. The molecule has 140 valence electrons. The number of aliphatic hydroxyl groups is 1. The Morgan fingerprint density at radius 1 is 0.893 bits per heavy atom. The quantitative estimate of drug-likeness (QED) is 0.633. The van der Waals surface area contributed by atoms with Crippen molar-refractivity contribution < 1.29 is 9.90 Å². The lowest BCUT2D eigenvalue weighted by Crippen LogP contribution is -2.26. The van der Waals surface area contributed by atoms with Crippen LogP contribution in [0.3, 0.4) is 0 Å². The maximum absolute atomic E-state index is 13.3. The third kappa shape index (κ3) is 3.49. The maximum atomic E-state index is 13.3. The van der Waals surface area contributed by atoms with Gasteiger partial charge in [0, 0.05) is 11.1 Å². The van der Waals surface area contributed by atoms with Crippen LogP contribution in [-0.2, 0) is 11.3 Å². The van der Waals surface area contributed by atoms with Crippen LogP contribution in [0.25, 0.3) is 5.57 Å². The molecule has 0 aromatic heterocycles. The van der Waals surface area contributed by atoms with E-state index >= 15 is 0 Å². The van der Waals surface area contributed by atoms with E-state index in [1.165, 1.54) is 0 Å². The van der Waals surface area contributed by atoms with E-state index in [1.54, 1.807) is 0 Å². The summed E-state index contributed by atoms with van der Waals surface area (Å²) in [5, 5.41) is 10.6. The van der Waals surface area contributed by atoms with E-state index < -0.39 is 6.10 Å². The van der Waals surface area contributed by atoms with Gasteiger partial charge in [-0.2, -0.15) is 0 Å². The lowest BCUT2D eigenvalue weighted by Gasteiger charge is -2.17. The van der Waals surface area contributed by atoms with Gasteiger partial charge in [-0.1, -0.05) is 84.4 Å². The summed E-state index contributed by atoms with van der Waals surface area (Å²) in [5.41, 5.74) is 5.45. The number of carbonyl (C=O) groups excluding carboxylic acids is 1. The van der Waals surface area contributed by atoms with Crippen molar-refractivity contribution in [2.75, 3.05) is 4.90 Å². The molecular weight excluding hydrogens is 346 g/mol. The van der Waals surface area contributed by atoms with Crippen LogP contribution in [0.15, 0.2) is 90.5 Å². The third-order valence-corrected chi connectivity index (χ3v) is 5.22. The minimum atomic E-state index is -0.628. The van der Waals surface area contributed by atoms with Crippen LogP contribution in [0.4, 0.5) is 5.69 Å². The van der Waals surface area contributed by atoms with Gasteiger partial charge in [-0.25, -0.2) is 0 Å². The lowest BCUT2D eigenvalue weighted by molar-refractivity contribution is -0.113. The first-order chi connectivity index (χ1) is 13.6. The zero-order valence-electron chi connectivity index (χ0n) is 15.9. The molecule has 0 fully saturated rings. The second-order valence-electron chi connectivity index (χ2n) is 7.18. The number of nitrogens with zero attached hydrogens (tertiary/aromatic N) is 1. The molecule has 0 bridgehead atoms. The Bertz CT molecular complexity index is 1010. The lowest BCUT2D eigenvalue weighted by atomic mass is 9.95. The van der Waals surface area contributed by atoms with Gasteiger partial charge in [-0.15, -0.1) is 0 Å². The number of anilines is 1. The van der Waals surface area contributed by atoms with Crippen molar-refractivity contribution in [1.82, 2.24) is 0 Å². The van der Waals surface area contributed by atoms with Gasteiger partial charge in [0.2, 0.25) is 0 Å². The van der Waals surface area contributed by atoms with Crippen LogP contribution >= 0.6 is 0 Å². The smallest absolute Gasteiger partial charge is 0.259 e. The minimum Gasteiger partial charge on any atom is -0.388 e. The largest absolute Gasteiger partial charge is 0.388 e. The maximum Gasteiger partial charge on any atom is 0.259 e. The molecule has 1 heterocycles. The Morgan fingerprint density at radius 2 is 1.50 bits per heavy atom. The van der Waals surface area contributed by atoms with Gasteiger partial charge in [-0.3, -0.25) is 4.79 Å². The van der Waals surface area contributed by atoms with Gasteiger partial charge in [-0.05, 0) is 30.5 Å². The fourth-order valence-corrected chi connectivity index (χ4v) is 3.80. The molecule has 1 amide bonds. The van der Waals surface area contributed by atoms with Crippen molar-refractivity contribution in [3.8, 4) is 0 Å². The number of carbonyl (C=O) groups is 1. The Labute approximate surface area is 165 Å². The first-order valence-corrected chi connectivity index (χ1v) is 9.53. The van der Waals surface area contributed by atoms with Crippen LogP contribution in [0.2, 0.25) is 0 Å². The van der Waals surface area contributed by atoms with E-state index in [0.29, 0.717) is 18.5 Å². The highest BCUT2D eigenvalue weighted by molar-refractivity contribution is 6.33. The molecular formula is C25H23NO2. The van der Waals surface area contributed by atoms with Crippen LogP contribution in [0.5, 0.6) is 0 Å².